The Morgan fingerprint density at radius 2 is 1.84 bits per heavy atom. The summed E-state index contributed by atoms with van der Waals surface area (Å²) < 4.78 is 0. The van der Waals surface area contributed by atoms with E-state index in [4.69, 9.17) is 10.2 Å². The monoisotopic (exact) mass is 447 g/mol. The number of nitriles is 1. The Kier molecular flexibility index (Phi) is 6.96. The molecule has 3 aromatic rings. The Hall–Kier alpha value is -3.05. The maximum absolute atomic E-state index is 9.16. The van der Waals surface area contributed by atoms with Gasteiger partial charge in [0.1, 0.15) is 11.6 Å². The fraction of sp³-hybridized carbons (Fsp3) is 0.333. The molecule has 0 aromatic carbocycles. The average molecular weight is 448 g/mol. The Morgan fingerprint density at radius 1 is 1.03 bits per heavy atom. The molecule has 3 aromatic heterocycles. The van der Waals surface area contributed by atoms with Gasteiger partial charge in [-0.1, -0.05) is 0 Å². The summed E-state index contributed by atoms with van der Waals surface area (Å²) in [5.41, 5.74) is 4.94. The van der Waals surface area contributed by atoms with Crippen LogP contribution in [0.4, 0.5) is 11.6 Å². The molecule has 0 unspecified atom stereocenters. The lowest BCUT2D eigenvalue weighted by Crippen LogP contribution is -2.43. The first-order valence-electron chi connectivity index (χ1n) is 10.8. The van der Waals surface area contributed by atoms with Gasteiger partial charge >= 0.3 is 0 Å². The van der Waals surface area contributed by atoms with Crippen molar-refractivity contribution in [2.45, 2.75) is 25.3 Å². The highest BCUT2D eigenvalue weighted by atomic mass is 35.5. The van der Waals surface area contributed by atoms with E-state index in [1.807, 2.05) is 12.3 Å². The van der Waals surface area contributed by atoms with Crippen molar-refractivity contribution >= 4 is 24.0 Å². The standard InChI is InChI=1S/C24H25N7.ClH/c25-15-17-3-5-28-23(11-17)30-24-14-20(18-1-2-18)13-22(29-24)19-4-6-27-21(12-19)16-31-9-7-26-8-10-31;/h3-6,11-14,18,26H,1-2,7-10,16H2,(H,28,29,30);1H. The topological polar surface area (TPSA) is 89.8 Å². The Morgan fingerprint density at radius 3 is 2.62 bits per heavy atom. The zero-order chi connectivity index (χ0) is 21.0. The smallest absolute Gasteiger partial charge is 0.132 e. The summed E-state index contributed by atoms with van der Waals surface area (Å²) in [7, 11) is 0. The SMILES string of the molecule is Cl.N#Cc1ccnc(Nc2cc(C3CC3)cc(-c3ccnc(CN4CCNCC4)c3)n2)c1. The molecule has 2 N–H and O–H groups in total. The Balaban J connectivity index is 0.00000245. The van der Waals surface area contributed by atoms with Crippen LogP contribution in [0.3, 0.4) is 0 Å². The summed E-state index contributed by atoms with van der Waals surface area (Å²) >= 11 is 0. The van der Waals surface area contributed by atoms with Crippen LogP contribution in [-0.4, -0.2) is 46.0 Å². The van der Waals surface area contributed by atoms with Gasteiger partial charge in [-0.15, -0.1) is 12.4 Å². The van der Waals surface area contributed by atoms with Gasteiger partial charge in [-0.2, -0.15) is 5.26 Å². The van der Waals surface area contributed by atoms with Crippen LogP contribution in [0, 0.1) is 11.3 Å². The van der Waals surface area contributed by atoms with Crippen molar-refractivity contribution in [3.63, 3.8) is 0 Å². The average Bonchev–Trinajstić information content (AvgIpc) is 3.66. The summed E-state index contributed by atoms with van der Waals surface area (Å²) in [5.74, 6) is 1.98. The summed E-state index contributed by atoms with van der Waals surface area (Å²) in [6, 6.07) is 14.1. The normalized spacial score (nSPS) is 16.1. The van der Waals surface area contributed by atoms with Crippen LogP contribution in [-0.2, 0) is 6.54 Å². The van der Waals surface area contributed by atoms with Crippen LogP contribution in [0.5, 0.6) is 0 Å². The second kappa shape index (κ2) is 10.0. The van der Waals surface area contributed by atoms with Gasteiger partial charge in [0.05, 0.1) is 23.0 Å². The molecular formula is C24H26ClN7. The minimum Gasteiger partial charge on any atom is -0.325 e. The van der Waals surface area contributed by atoms with E-state index in [2.05, 4.69) is 49.8 Å². The van der Waals surface area contributed by atoms with Crippen LogP contribution in [0.2, 0.25) is 0 Å². The number of piperazine rings is 1. The molecule has 7 nitrogen and oxygen atoms in total. The summed E-state index contributed by atoms with van der Waals surface area (Å²) in [6.07, 6.45) is 5.95. The quantitative estimate of drug-likeness (QED) is 0.593. The second-order valence-corrected chi connectivity index (χ2v) is 8.17. The van der Waals surface area contributed by atoms with Crippen LogP contribution in [0.25, 0.3) is 11.3 Å². The maximum Gasteiger partial charge on any atom is 0.132 e. The number of rotatable bonds is 6. The molecule has 2 aliphatic rings. The molecule has 4 heterocycles. The fourth-order valence-electron chi connectivity index (χ4n) is 3.94. The number of anilines is 2. The van der Waals surface area contributed by atoms with Gasteiger partial charge in [0, 0.05) is 50.7 Å². The first kappa shape index (κ1) is 22.2. The van der Waals surface area contributed by atoms with E-state index in [0.29, 0.717) is 17.3 Å². The molecule has 0 spiro atoms. The third-order valence-corrected chi connectivity index (χ3v) is 5.75. The predicted molar refractivity (Wildman–Crippen MR) is 127 cm³/mol. The third kappa shape index (κ3) is 5.40. The van der Waals surface area contributed by atoms with Crippen LogP contribution >= 0.6 is 12.4 Å². The Labute approximate surface area is 194 Å². The molecule has 0 bridgehead atoms. The van der Waals surface area contributed by atoms with Gasteiger partial charge < -0.3 is 10.6 Å². The van der Waals surface area contributed by atoms with Crippen LogP contribution in [0.1, 0.15) is 35.6 Å². The number of aromatic nitrogens is 3. The van der Waals surface area contributed by atoms with Crippen LogP contribution < -0.4 is 10.6 Å². The fourth-order valence-corrected chi connectivity index (χ4v) is 3.94. The number of pyridine rings is 3. The highest BCUT2D eigenvalue weighted by Gasteiger charge is 2.25. The highest BCUT2D eigenvalue weighted by molar-refractivity contribution is 5.85. The molecule has 2 fully saturated rings. The van der Waals surface area contributed by atoms with Crippen molar-refractivity contribution in [3.05, 3.63) is 65.6 Å². The van der Waals surface area contributed by atoms with Gasteiger partial charge in [-0.25, -0.2) is 9.97 Å². The first-order valence-corrected chi connectivity index (χ1v) is 10.8. The first-order chi connectivity index (χ1) is 15.3. The van der Waals surface area contributed by atoms with Crippen molar-refractivity contribution in [2.24, 2.45) is 0 Å². The minimum atomic E-state index is 0. The Bertz CT molecular complexity index is 1120. The van der Waals surface area contributed by atoms with E-state index in [1.54, 1.807) is 18.3 Å². The zero-order valence-electron chi connectivity index (χ0n) is 17.8. The number of nitrogens with one attached hydrogen (secondary N) is 2. The van der Waals surface area contributed by atoms with E-state index >= 15 is 0 Å². The van der Waals surface area contributed by atoms with E-state index in [-0.39, 0.29) is 12.4 Å². The molecule has 0 radical (unpaired) electrons. The van der Waals surface area contributed by atoms with Gasteiger partial charge in [0.2, 0.25) is 0 Å². The number of hydrogen-bond donors (Lipinski definition) is 2. The molecular weight excluding hydrogens is 422 g/mol. The maximum atomic E-state index is 9.16. The lowest BCUT2D eigenvalue weighted by atomic mass is 10.1. The molecule has 1 aliphatic carbocycles. The summed E-state index contributed by atoms with van der Waals surface area (Å²) in [4.78, 5) is 16.2. The van der Waals surface area contributed by atoms with Crippen molar-refractivity contribution in [1.29, 1.82) is 5.26 Å². The molecule has 1 saturated carbocycles. The minimum absolute atomic E-state index is 0. The number of nitrogens with zero attached hydrogens (tertiary/aromatic N) is 5. The van der Waals surface area contributed by atoms with E-state index in [9.17, 15) is 0 Å². The largest absolute Gasteiger partial charge is 0.325 e. The van der Waals surface area contributed by atoms with Crippen molar-refractivity contribution in [2.75, 3.05) is 31.5 Å². The molecule has 8 heteroatoms. The molecule has 5 rings (SSSR count). The summed E-state index contributed by atoms with van der Waals surface area (Å²) in [5, 5.41) is 15.8. The van der Waals surface area contributed by atoms with Gasteiger partial charge in [0.25, 0.3) is 0 Å². The molecule has 0 amide bonds. The van der Waals surface area contributed by atoms with Gasteiger partial charge in [-0.05, 0) is 60.7 Å². The molecule has 0 atom stereocenters. The van der Waals surface area contributed by atoms with Gasteiger partial charge in [0.15, 0.2) is 0 Å². The zero-order valence-corrected chi connectivity index (χ0v) is 18.6. The van der Waals surface area contributed by atoms with Crippen molar-refractivity contribution in [1.82, 2.24) is 25.2 Å². The van der Waals surface area contributed by atoms with E-state index < -0.39 is 0 Å². The van der Waals surface area contributed by atoms with Gasteiger partial charge in [-0.3, -0.25) is 9.88 Å². The number of hydrogen-bond acceptors (Lipinski definition) is 7. The van der Waals surface area contributed by atoms with Crippen molar-refractivity contribution in [3.8, 4) is 17.3 Å². The third-order valence-electron chi connectivity index (χ3n) is 5.75. The summed E-state index contributed by atoms with van der Waals surface area (Å²) in [6.45, 7) is 5.00. The van der Waals surface area contributed by atoms with Crippen LogP contribution in [0.15, 0.2) is 48.8 Å². The van der Waals surface area contributed by atoms with Crippen molar-refractivity contribution < 1.29 is 0 Å². The lowest BCUT2D eigenvalue weighted by molar-refractivity contribution is 0.231. The lowest BCUT2D eigenvalue weighted by Gasteiger charge is -2.26. The highest BCUT2D eigenvalue weighted by Crippen LogP contribution is 2.42. The molecule has 1 aliphatic heterocycles. The van der Waals surface area contributed by atoms with E-state index in [1.165, 1.54) is 18.4 Å². The number of halogens is 1. The molecule has 32 heavy (non-hydrogen) atoms. The predicted octanol–water partition coefficient (Wildman–Crippen LogP) is 3.86. The molecule has 1 saturated heterocycles. The molecule has 164 valence electrons. The van der Waals surface area contributed by atoms with E-state index in [0.717, 1.165) is 55.5 Å². The second-order valence-electron chi connectivity index (χ2n) is 8.17.